The van der Waals surface area contributed by atoms with Crippen molar-refractivity contribution in [1.29, 1.82) is 0 Å². The highest BCUT2D eigenvalue weighted by Gasteiger charge is 2.21. The molecule has 1 unspecified atom stereocenters. The van der Waals surface area contributed by atoms with Crippen LogP contribution in [0.15, 0.2) is 22.0 Å². The molecule has 1 aliphatic heterocycles. The predicted molar refractivity (Wildman–Crippen MR) is 86.1 cm³/mol. The first-order chi connectivity index (χ1) is 10.0. The molecule has 0 fully saturated rings. The number of thiazole rings is 1. The van der Waals surface area contributed by atoms with Crippen molar-refractivity contribution >= 4 is 33.0 Å². The molecule has 0 spiro atoms. The highest BCUT2D eigenvalue weighted by Crippen LogP contribution is 2.33. The number of carbonyl (C=O) groups excluding carboxylic acids is 1. The third-order valence-corrected chi connectivity index (χ3v) is 4.88. The summed E-state index contributed by atoms with van der Waals surface area (Å²) in [6, 6.07) is 3.85. The van der Waals surface area contributed by atoms with E-state index in [2.05, 4.69) is 20.9 Å². The molecule has 2 heterocycles. The number of Topliss-reactive ketones (excluding diaryl/α,β-unsaturated/α-hetero) is 1. The van der Waals surface area contributed by atoms with Crippen LogP contribution < -0.4 is 10.5 Å². The average Bonchev–Trinajstić information content (AvgIpc) is 3.06. The number of fused-ring (bicyclic) bond motifs is 1. The molecule has 21 heavy (non-hydrogen) atoms. The number of ether oxygens (including phenoxy) is 1. The number of halogens is 1. The van der Waals surface area contributed by atoms with Gasteiger partial charge in [0.05, 0.1) is 12.6 Å². The van der Waals surface area contributed by atoms with E-state index in [-0.39, 0.29) is 11.8 Å². The van der Waals surface area contributed by atoms with Gasteiger partial charge in [-0.2, -0.15) is 0 Å². The van der Waals surface area contributed by atoms with Crippen LogP contribution in [-0.2, 0) is 12.8 Å². The Balaban J connectivity index is 1.85. The van der Waals surface area contributed by atoms with E-state index in [4.69, 9.17) is 10.5 Å². The van der Waals surface area contributed by atoms with Gasteiger partial charge in [0, 0.05) is 28.3 Å². The van der Waals surface area contributed by atoms with E-state index >= 15 is 0 Å². The van der Waals surface area contributed by atoms with Crippen molar-refractivity contribution in [3.8, 4) is 5.75 Å². The second kappa shape index (κ2) is 5.87. The van der Waals surface area contributed by atoms with Crippen molar-refractivity contribution in [3.63, 3.8) is 0 Å². The van der Waals surface area contributed by atoms with Crippen molar-refractivity contribution in [1.82, 2.24) is 4.98 Å². The maximum absolute atomic E-state index is 12.4. The minimum Gasteiger partial charge on any atom is -0.493 e. The number of aromatic nitrogens is 1. The highest BCUT2D eigenvalue weighted by molar-refractivity contribution is 9.10. The number of nitrogens with two attached hydrogens (primary N) is 1. The molecule has 0 amide bonds. The predicted octanol–water partition coefficient (Wildman–Crippen LogP) is 3.29. The average molecular weight is 367 g/mol. The molecule has 6 heteroatoms. The van der Waals surface area contributed by atoms with Gasteiger partial charge in [0.2, 0.25) is 0 Å². The third-order valence-electron chi connectivity index (χ3n) is 3.37. The fourth-order valence-electron chi connectivity index (χ4n) is 2.37. The summed E-state index contributed by atoms with van der Waals surface area (Å²) in [7, 11) is 0. The zero-order valence-electron chi connectivity index (χ0n) is 11.6. The van der Waals surface area contributed by atoms with E-state index in [1.807, 2.05) is 19.1 Å². The molecule has 0 bridgehead atoms. The van der Waals surface area contributed by atoms with E-state index < -0.39 is 0 Å². The normalized spacial score (nSPS) is 14.6. The van der Waals surface area contributed by atoms with Crippen LogP contribution in [0.3, 0.4) is 0 Å². The second-order valence-corrected chi connectivity index (χ2v) is 6.92. The maximum atomic E-state index is 12.4. The first-order valence-corrected chi connectivity index (χ1v) is 8.40. The number of benzene rings is 1. The molecular weight excluding hydrogens is 352 g/mol. The van der Waals surface area contributed by atoms with Gasteiger partial charge >= 0.3 is 0 Å². The molecule has 0 radical (unpaired) electrons. The minimum absolute atomic E-state index is 0.00560. The van der Waals surface area contributed by atoms with Gasteiger partial charge in [-0.1, -0.05) is 15.9 Å². The van der Waals surface area contributed by atoms with Gasteiger partial charge in [-0.15, -0.1) is 11.3 Å². The van der Waals surface area contributed by atoms with E-state index in [9.17, 15) is 4.79 Å². The van der Waals surface area contributed by atoms with Crippen molar-refractivity contribution in [3.05, 3.63) is 43.8 Å². The Morgan fingerprint density at radius 1 is 1.57 bits per heavy atom. The van der Waals surface area contributed by atoms with Gasteiger partial charge in [0.25, 0.3) is 0 Å². The molecule has 2 aromatic rings. The molecule has 1 aromatic heterocycles. The second-order valence-electron chi connectivity index (χ2n) is 5.11. The monoisotopic (exact) mass is 366 g/mol. The zero-order valence-corrected chi connectivity index (χ0v) is 14.0. The van der Waals surface area contributed by atoms with Crippen LogP contribution in [0.2, 0.25) is 0 Å². The fourth-order valence-corrected chi connectivity index (χ4v) is 3.70. The van der Waals surface area contributed by atoms with Crippen molar-refractivity contribution in [2.24, 2.45) is 5.73 Å². The summed E-state index contributed by atoms with van der Waals surface area (Å²) >= 11 is 4.92. The number of rotatable bonds is 4. The Hall–Kier alpha value is -1.24. The molecule has 1 atom stereocenters. The summed E-state index contributed by atoms with van der Waals surface area (Å²) in [5, 5.41) is 2.56. The van der Waals surface area contributed by atoms with Crippen LogP contribution in [0, 0.1) is 0 Å². The molecule has 2 N–H and O–H groups in total. The maximum Gasteiger partial charge on any atom is 0.186 e. The lowest BCUT2D eigenvalue weighted by Crippen LogP contribution is -2.08. The smallest absolute Gasteiger partial charge is 0.186 e. The number of hydrogen-bond acceptors (Lipinski definition) is 5. The van der Waals surface area contributed by atoms with Crippen LogP contribution in [0.25, 0.3) is 0 Å². The van der Waals surface area contributed by atoms with E-state index in [1.54, 1.807) is 5.38 Å². The zero-order chi connectivity index (χ0) is 15.0. The lowest BCUT2D eigenvalue weighted by Gasteiger charge is -2.08. The summed E-state index contributed by atoms with van der Waals surface area (Å²) in [4.78, 5) is 16.7. The summed E-state index contributed by atoms with van der Waals surface area (Å²) in [6.07, 6.45) is 1.19. The number of hydrogen-bond donors (Lipinski definition) is 1. The Kier molecular flexibility index (Phi) is 4.10. The quantitative estimate of drug-likeness (QED) is 0.843. The molecule has 3 rings (SSSR count). The first-order valence-electron chi connectivity index (χ1n) is 6.73. The molecule has 1 aromatic carbocycles. The first kappa shape index (κ1) is 14.7. The highest BCUT2D eigenvalue weighted by atomic mass is 79.9. The molecule has 0 aliphatic carbocycles. The summed E-state index contributed by atoms with van der Waals surface area (Å²) < 4.78 is 6.63. The van der Waals surface area contributed by atoms with E-state index in [1.165, 1.54) is 11.3 Å². The fraction of sp³-hybridized carbons (Fsp3) is 0.333. The van der Waals surface area contributed by atoms with E-state index in [0.29, 0.717) is 18.7 Å². The molecule has 1 aliphatic rings. The number of ketones is 1. The van der Waals surface area contributed by atoms with Crippen molar-refractivity contribution in [2.45, 2.75) is 25.8 Å². The topological polar surface area (TPSA) is 65.2 Å². The van der Waals surface area contributed by atoms with Crippen LogP contribution in [0.1, 0.15) is 39.6 Å². The van der Waals surface area contributed by atoms with Crippen molar-refractivity contribution < 1.29 is 9.53 Å². The third kappa shape index (κ3) is 3.02. The largest absolute Gasteiger partial charge is 0.493 e. The van der Waals surface area contributed by atoms with Crippen LogP contribution in [0.5, 0.6) is 5.75 Å². The molecule has 0 saturated heterocycles. The Morgan fingerprint density at radius 3 is 3.10 bits per heavy atom. The van der Waals surface area contributed by atoms with Gasteiger partial charge < -0.3 is 10.5 Å². The molecule has 0 saturated carbocycles. The van der Waals surface area contributed by atoms with Crippen LogP contribution >= 0.6 is 27.3 Å². The van der Waals surface area contributed by atoms with Gasteiger partial charge in [0.1, 0.15) is 16.5 Å². The minimum atomic E-state index is -0.144. The summed E-state index contributed by atoms with van der Waals surface area (Å²) in [5.41, 5.74) is 8.34. The number of nitrogens with zero attached hydrogens (tertiary/aromatic N) is 1. The van der Waals surface area contributed by atoms with Gasteiger partial charge in [-0.3, -0.25) is 4.79 Å². The molecular formula is C15H15BrN2O2S. The summed E-state index contributed by atoms with van der Waals surface area (Å²) in [6.45, 7) is 2.54. The van der Waals surface area contributed by atoms with Crippen LogP contribution in [-0.4, -0.2) is 17.4 Å². The van der Waals surface area contributed by atoms with Gasteiger partial charge in [-0.05, 0) is 24.6 Å². The Morgan fingerprint density at radius 2 is 2.38 bits per heavy atom. The lowest BCUT2D eigenvalue weighted by molar-refractivity contribution is 0.0987. The van der Waals surface area contributed by atoms with E-state index in [0.717, 1.165) is 32.8 Å². The Bertz CT molecular complexity index is 697. The van der Waals surface area contributed by atoms with Gasteiger partial charge in [0.15, 0.2) is 5.78 Å². The number of carbonyl (C=O) groups is 1. The summed E-state index contributed by atoms with van der Waals surface area (Å²) in [5.74, 6) is 0.850. The standard InChI is InChI=1S/C15H15BrN2O2S/c1-8(17)15-18-12(7-21-15)13(19)6-10-5-11(16)4-9-2-3-20-14(9)10/h4-5,7-8H,2-3,6,17H2,1H3. The van der Waals surface area contributed by atoms with Crippen molar-refractivity contribution in [2.75, 3.05) is 6.61 Å². The Labute approximate surface area is 135 Å². The van der Waals surface area contributed by atoms with Gasteiger partial charge in [-0.25, -0.2) is 4.98 Å². The van der Waals surface area contributed by atoms with Crippen LogP contribution in [0.4, 0.5) is 0 Å². The molecule has 4 nitrogen and oxygen atoms in total. The lowest BCUT2D eigenvalue weighted by atomic mass is 10.0. The molecule has 110 valence electrons. The SMILES string of the molecule is CC(N)c1nc(C(=O)Cc2cc(Br)cc3c2OCC3)cs1.